The van der Waals surface area contributed by atoms with Gasteiger partial charge in [0.2, 0.25) is 5.95 Å². The third-order valence-electron chi connectivity index (χ3n) is 4.54. The fourth-order valence-corrected chi connectivity index (χ4v) is 2.91. The third-order valence-corrected chi connectivity index (χ3v) is 4.54. The minimum Gasteiger partial charge on any atom is -0.450 e. The molecule has 2 amide bonds. The van der Waals surface area contributed by atoms with Gasteiger partial charge in [0.1, 0.15) is 0 Å². The summed E-state index contributed by atoms with van der Waals surface area (Å²) in [5.74, 6) is 0.175. The van der Waals surface area contributed by atoms with E-state index in [1.165, 1.54) is 19.3 Å². The molecule has 1 aromatic carbocycles. The molecule has 0 radical (unpaired) electrons. The lowest BCUT2D eigenvalue weighted by Crippen LogP contribution is -2.50. The zero-order chi connectivity index (χ0) is 20.8. The van der Waals surface area contributed by atoms with Crippen molar-refractivity contribution in [3.05, 3.63) is 47.8 Å². The first-order valence-corrected chi connectivity index (χ1v) is 9.39. The minimum atomic E-state index is -0.352. The zero-order valence-corrected chi connectivity index (χ0v) is 16.4. The van der Waals surface area contributed by atoms with Gasteiger partial charge in [0.05, 0.1) is 12.2 Å². The van der Waals surface area contributed by atoms with Crippen molar-refractivity contribution in [2.75, 3.05) is 38.1 Å². The van der Waals surface area contributed by atoms with E-state index in [0.717, 1.165) is 5.69 Å². The highest BCUT2D eigenvalue weighted by Crippen LogP contribution is 2.15. The van der Waals surface area contributed by atoms with Gasteiger partial charge in [-0.1, -0.05) is 0 Å². The Morgan fingerprint density at radius 3 is 2.10 bits per heavy atom. The van der Waals surface area contributed by atoms with Gasteiger partial charge in [0.25, 0.3) is 5.91 Å². The molecule has 29 heavy (non-hydrogen) atoms. The molecule has 0 spiro atoms. The molecule has 1 aliphatic heterocycles. The van der Waals surface area contributed by atoms with Crippen LogP contribution in [0.5, 0.6) is 0 Å². The molecular weight excluding hydrogens is 374 g/mol. The Labute approximate surface area is 168 Å². The van der Waals surface area contributed by atoms with Crippen molar-refractivity contribution in [1.29, 1.82) is 0 Å². The van der Waals surface area contributed by atoms with Gasteiger partial charge >= 0.3 is 6.09 Å². The first-order valence-electron chi connectivity index (χ1n) is 9.39. The topological polar surface area (TPSA) is 105 Å². The minimum absolute atomic E-state index is 0.00115. The molecular formula is C20H23N5O4. The number of nitrogens with one attached hydrogen (secondary N) is 1. The maximum atomic E-state index is 12.6. The van der Waals surface area contributed by atoms with Crippen LogP contribution in [0.1, 0.15) is 34.6 Å². The van der Waals surface area contributed by atoms with Gasteiger partial charge in [0.15, 0.2) is 5.78 Å². The number of hydrogen-bond donors (Lipinski definition) is 1. The molecule has 9 heteroatoms. The molecule has 9 nitrogen and oxygen atoms in total. The molecule has 3 rings (SSSR count). The molecule has 1 aliphatic rings. The third kappa shape index (κ3) is 5.07. The molecule has 0 atom stereocenters. The lowest BCUT2D eigenvalue weighted by Gasteiger charge is -2.33. The Balaban J connectivity index is 1.56. The number of carbonyl (C=O) groups is 3. The standard InChI is InChI=1S/C20H23N5O4/c1-3-29-20(28)25-10-8-24(9-11-25)18(27)16-12-21-19(22-13-16)23-17-6-4-15(5-7-17)14(2)26/h4-7,12-13H,3,8-11H2,1-2H3,(H,21,22,23). The van der Waals surface area contributed by atoms with Gasteiger partial charge in [0, 0.05) is 49.8 Å². The number of piperazine rings is 1. The predicted molar refractivity (Wildman–Crippen MR) is 106 cm³/mol. The quantitative estimate of drug-likeness (QED) is 0.772. The average Bonchev–Trinajstić information content (AvgIpc) is 2.74. The van der Waals surface area contributed by atoms with Crippen LogP contribution in [0.4, 0.5) is 16.4 Å². The maximum absolute atomic E-state index is 12.6. The molecule has 1 fully saturated rings. The van der Waals surface area contributed by atoms with E-state index in [4.69, 9.17) is 4.74 Å². The van der Waals surface area contributed by atoms with E-state index in [1.54, 1.807) is 41.0 Å². The van der Waals surface area contributed by atoms with Gasteiger partial charge in [-0.15, -0.1) is 0 Å². The second kappa shape index (κ2) is 9.13. The maximum Gasteiger partial charge on any atom is 0.409 e. The van der Waals surface area contributed by atoms with Crippen molar-refractivity contribution in [3.63, 3.8) is 0 Å². The summed E-state index contributed by atoms with van der Waals surface area (Å²) in [6.07, 6.45) is 2.59. The second-order valence-electron chi connectivity index (χ2n) is 6.53. The zero-order valence-electron chi connectivity index (χ0n) is 16.4. The summed E-state index contributed by atoms with van der Waals surface area (Å²) < 4.78 is 4.98. The van der Waals surface area contributed by atoms with E-state index in [1.807, 2.05) is 0 Å². The highest BCUT2D eigenvalue weighted by atomic mass is 16.6. The molecule has 152 valence electrons. The summed E-state index contributed by atoms with van der Waals surface area (Å²) in [6, 6.07) is 6.97. The molecule has 0 bridgehead atoms. The molecule has 2 aromatic rings. The first kappa shape index (κ1) is 20.2. The molecule has 0 aliphatic carbocycles. The van der Waals surface area contributed by atoms with Crippen LogP contribution in [0.3, 0.4) is 0 Å². The van der Waals surface area contributed by atoms with Crippen LogP contribution in [-0.2, 0) is 4.74 Å². The van der Waals surface area contributed by atoms with Crippen molar-refractivity contribution in [1.82, 2.24) is 19.8 Å². The predicted octanol–water partition coefficient (Wildman–Crippen LogP) is 2.34. The van der Waals surface area contributed by atoms with Crippen LogP contribution in [0.2, 0.25) is 0 Å². The van der Waals surface area contributed by atoms with Gasteiger partial charge < -0.3 is 19.9 Å². The highest BCUT2D eigenvalue weighted by molar-refractivity contribution is 5.94. The Morgan fingerprint density at radius 1 is 0.966 bits per heavy atom. The number of aromatic nitrogens is 2. The smallest absolute Gasteiger partial charge is 0.409 e. The van der Waals surface area contributed by atoms with E-state index in [9.17, 15) is 14.4 Å². The Bertz CT molecular complexity index is 875. The number of ketones is 1. The van der Waals surface area contributed by atoms with E-state index in [0.29, 0.717) is 49.9 Å². The van der Waals surface area contributed by atoms with Gasteiger partial charge in [-0.25, -0.2) is 14.8 Å². The van der Waals surface area contributed by atoms with Crippen LogP contribution in [0.15, 0.2) is 36.7 Å². The SMILES string of the molecule is CCOC(=O)N1CCN(C(=O)c2cnc(Nc3ccc(C(C)=O)cc3)nc2)CC1. The van der Waals surface area contributed by atoms with Crippen LogP contribution in [-0.4, -0.2) is 70.3 Å². The molecule has 0 unspecified atom stereocenters. The van der Waals surface area contributed by atoms with E-state index >= 15 is 0 Å². The number of carbonyl (C=O) groups excluding carboxylic acids is 3. The fraction of sp³-hybridized carbons (Fsp3) is 0.350. The number of benzene rings is 1. The number of amides is 2. The van der Waals surface area contributed by atoms with E-state index < -0.39 is 0 Å². The average molecular weight is 397 g/mol. The molecule has 2 heterocycles. The van der Waals surface area contributed by atoms with Crippen LogP contribution in [0.25, 0.3) is 0 Å². The Kier molecular flexibility index (Phi) is 6.38. The number of Topliss-reactive ketones (excluding diaryl/α,β-unsaturated/α-hetero) is 1. The summed E-state index contributed by atoms with van der Waals surface area (Å²) in [4.78, 5) is 47.3. The lowest BCUT2D eigenvalue weighted by molar-refractivity contribution is 0.0570. The summed E-state index contributed by atoms with van der Waals surface area (Å²) in [6.45, 7) is 5.33. The van der Waals surface area contributed by atoms with Crippen molar-refractivity contribution in [2.24, 2.45) is 0 Å². The summed E-state index contributed by atoms with van der Waals surface area (Å²) in [5.41, 5.74) is 1.75. The van der Waals surface area contributed by atoms with Crippen molar-refractivity contribution in [3.8, 4) is 0 Å². The van der Waals surface area contributed by atoms with Gasteiger partial charge in [-0.2, -0.15) is 0 Å². The number of ether oxygens (including phenoxy) is 1. The largest absolute Gasteiger partial charge is 0.450 e. The number of rotatable bonds is 5. The monoisotopic (exact) mass is 397 g/mol. The number of hydrogen-bond acceptors (Lipinski definition) is 7. The van der Waals surface area contributed by atoms with Crippen LogP contribution < -0.4 is 5.32 Å². The molecule has 1 aromatic heterocycles. The summed E-state index contributed by atoms with van der Waals surface area (Å²) >= 11 is 0. The van der Waals surface area contributed by atoms with Gasteiger partial charge in [-0.05, 0) is 38.1 Å². The van der Waals surface area contributed by atoms with Crippen molar-refractivity contribution in [2.45, 2.75) is 13.8 Å². The Morgan fingerprint density at radius 2 is 1.55 bits per heavy atom. The fourth-order valence-electron chi connectivity index (χ4n) is 2.91. The van der Waals surface area contributed by atoms with Crippen LogP contribution in [0, 0.1) is 0 Å². The highest BCUT2D eigenvalue weighted by Gasteiger charge is 2.25. The second-order valence-corrected chi connectivity index (χ2v) is 6.53. The first-order chi connectivity index (χ1) is 14.0. The van der Waals surface area contributed by atoms with E-state index in [2.05, 4.69) is 15.3 Å². The van der Waals surface area contributed by atoms with Gasteiger partial charge in [-0.3, -0.25) is 9.59 Å². The van der Waals surface area contributed by atoms with Crippen molar-refractivity contribution >= 4 is 29.4 Å². The number of nitrogens with zero attached hydrogens (tertiary/aromatic N) is 4. The van der Waals surface area contributed by atoms with E-state index in [-0.39, 0.29) is 17.8 Å². The summed E-state index contributed by atoms with van der Waals surface area (Å²) in [7, 11) is 0. The lowest BCUT2D eigenvalue weighted by atomic mass is 10.1. The van der Waals surface area contributed by atoms with Crippen molar-refractivity contribution < 1.29 is 19.1 Å². The van der Waals surface area contributed by atoms with Crippen LogP contribution >= 0.6 is 0 Å². The Hall–Kier alpha value is -3.49. The summed E-state index contributed by atoms with van der Waals surface area (Å²) in [5, 5.41) is 3.03. The number of anilines is 2. The normalized spacial score (nSPS) is 13.7. The molecule has 0 saturated carbocycles. The molecule has 1 N–H and O–H groups in total. The molecule has 1 saturated heterocycles.